The highest BCUT2D eigenvalue weighted by atomic mass is 14.9. The summed E-state index contributed by atoms with van der Waals surface area (Å²) in [5.74, 6) is 3.47. The molecular weight excluding hydrogens is 170 g/mol. The summed E-state index contributed by atoms with van der Waals surface area (Å²) in [4.78, 5) is 0. The van der Waals surface area contributed by atoms with Crippen molar-refractivity contribution in [2.45, 2.75) is 53.0 Å². The molecule has 0 saturated heterocycles. The summed E-state index contributed by atoms with van der Waals surface area (Å²) in [5.41, 5.74) is 0. The third kappa shape index (κ3) is 2.50. The van der Waals surface area contributed by atoms with Crippen molar-refractivity contribution in [3.8, 4) is 0 Å². The van der Waals surface area contributed by atoms with Gasteiger partial charge >= 0.3 is 0 Å². The molecule has 1 aliphatic rings. The predicted molar refractivity (Wildman–Crippen MR) is 63.4 cm³/mol. The maximum atomic E-state index is 3.52. The Labute approximate surface area is 89.7 Å². The fourth-order valence-corrected chi connectivity index (χ4v) is 3.17. The SMILES string of the molecule is CNC(C(C)C)C1CCCC(C)C1C. The van der Waals surface area contributed by atoms with Gasteiger partial charge in [0.15, 0.2) is 0 Å². The highest BCUT2D eigenvalue weighted by molar-refractivity contribution is 4.86. The normalized spacial score (nSPS) is 36.0. The Balaban J connectivity index is 2.63. The lowest BCUT2D eigenvalue weighted by atomic mass is 9.69. The van der Waals surface area contributed by atoms with Gasteiger partial charge in [0.25, 0.3) is 0 Å². The van der Waals surface area contributed by atoms with E-state index in [1.165, 1.54) is 19.3 Å². The van der Waals surface area contributed by atoms with Crippen LogP contribution in [0, 0.1) is 23.7 Å². The molecule has 1 N–H and O–H groups in total. The molecule has 0 aliphatic heterocycles. The van der Waals surface area contributed by atoms with Crippen LogP contribution in [0.2, 0.25) is 0 Å². The number of nitrogens with one attached hydrogen (secondary N) is 1. The van der Waals surface area contributed by atoms with E-state index in [0.29, 0.717) is 6.04 Å². The molecule has 0 amide bonds. The molecule has 0 aromatic heterocycles. The van der Waals surface area contributed by atoms with Crippen LogP contribution in [0.3, 0.4) is 0 Å². The minimum absolute atomic E-state index is 0.716. The fraction of sp³-hybridized carbons (Fsp3) is 1.00. The van der Waals surface area contributed by atoms with E-state index >= 15 is 0 Å². The molecule has 1 nitrogen and oxygen atoms in total. The summed E-state index contributed by atoms with van der Waals surface area (Å²) in [7, 11) is 2.12. The zero-order valence-corrected chi connectivity index (χ0v) is 10.5. The monoisotopic (exact) mass is 197 g/mol. The first-order valence-corrected chi connectivity index (χ1v) is 6.25. The molecule has 0 aromatic carbocycles. The standard InChI is InChI=1S/C13H27N/c1-9(2)13(14-5)12-8-6-7-10(3)11(12)4/h9-14H,6-8H2,1-5H3. The second-order valence-corrected chi connectivity index (χ2v) is 5.49. The molecule has 0 heterocycles. The fourth-order valence-electron chi connectivity index (χ4n) is 3.17. The van der Waals surface area contributed by atoms with Crippen LogP contribution in [-0.4, -0.2) is 13.1 Å². The molecule has 1 heteroatoms. The van der Waals surface area contributed by atoms with Crippen molar-refractivity contribution in [3.05, 3.63) is 0 Å². The van der Waals surface area contributed by atoms with Gasteiger partial charge in [-0.1, -0.05) is 40.5 Å². The van der Waals surface area contributed by atoms with Gasteiger partial charge in [-0.15, -0.1) is 0 Å². The van der Waals surface area contributed by atoms with E-state index in [1.54, 1.807) is 0 Å². The molecule has 1 saturated carbocycles. The lowest BCUT2D eigenvalue weighted by Gasteiger charge is -2.40. The van der Waals surface area contributed by atoms with Crippen LogP contribution in [0.15, 0.2) is 0 Å². The highest BCUT2D eigenvalue weighted by Crippen LogP contribution is 2.37. The lowest BCUT2D eigenvalue weighted by molar-refractivity contribution is 0.123. The summed E-state index contributed by atoms with van der Waals surface area (Å²) >= 11 is 0. The molecule has 4 atom stereocenters. The Bertz CT molecular complexity index is 165. The van der Waals surface area contributed by atoms with Crippen molar-refractivity contribution < 1.29 is 0 Å². The van der Waals surface area contributed by atoms with Gasteiger partial charge < -0.3 is 5.32 Å². The molecule has 1 rings (SSSR count). The van der Waals surface area contributed by atoms with Crippen molar-refractivity contribution >= 4 is 0 Å². The molecule has 0 spiro atoms. The Kier molecular flexibility index (Phi) is 4.43. The van der Waals surface area contributed by atoms with Gasteiger partial charge in [0, 0.05) is 6.04 Å². The van der Waals surface area contributed by atoms with Gasteiger partial charge in [-0.2, -0.15) is 0 Å². The summed E-state index contributed by atoms with van der Waals surface area (Å²) in [6, 6.07) is 0.716. The van der Waals surface area contributed by atoms with Gasteiger partial charge in [0.1, 0.15) is 0 Å². The van der Waals surface area contributed by atoms with Crippen molar-refractivity contribution in [2.24, 2.45) is 23.7 Å². The van der Waals surface area contributed by atoms with Crippen molar-refractivity contribution in [2.75, 3.05) is 7.05 Å². The minimum Gasteiger partial charge on any atom is -0.316 e. The number of hydrogen-bond donors (Lipinski definition) is 1. The second kappa shape index (κ2) is 5.16. The van der Waals surface area contributed by atoms with Crippen LogP contribution >= 0.6 is 0 Å². The molecule has 0 bridgehead atoms. The quantitative estimate of drug-likeness (QED) is 0.732. The molecule has 0 radical (unpaired) electrons. The van der Waals surface area contributed by atoms with E-state index in [-0.39, 0.29) is 0 Å². The first kappa shape index (κ1) is 12.0. The first-order chi connectivity index (χ1) is 6.57. The molecule has 1 aliphatic carbocycles. The average molecular weight is 197 g/mol. The van der Waals surface area contributed by atoms with E-state index in [4.69, 9.17) is 0 Å². The number of hydrogen-bond acceptors (Lipinski definition) is 1. The van der Waals surface area contributed by atoms with E-state index < -0.39 is 0 Å². The molecular formula is C13H27N. The largest absolute Gasteiger partial charge is 0.316 e. The van der Waals surface area contributed by atoms with Crippen LogP contribution in [0.5, 0.6) is 0 Å². The summed E-state index contributed by atoms with van der Waals surface area (Å²) < 4.78 is 0. The zero-order valence-electron chi connectivity index (χ0n) is 10.5. The van der Waals surface area contributed by atoms with Crippen LogP contribution in [-0.2, 0) is 0 Å². The smallest absolute Gasteiger partial charge is 0.0118 e. The van der Waals surface area contributed by atoms with Crippen molar-refractivity contribution in [3.63, 3.8) is 0 Å². The van der Waals surface area contributed by atoms with Crippen molar-refractivity contribution in [1.29, 1.82) is 0 Å². The minimum atomic E-state index is 0.716. The Morgan fingerprint density at radius 2 is 1.79 bits per heavy atom. The van der Waals surface area contributed by atoms with E-state index in [0.717, 1.165) is 23.7 Å². The predicted octanol–water partition coefficient (Wildman–Crippen LogP) is 3.30. The van der Waals surface area contributed by atoms with Crippen LogP contribution in [0.25, 0.3) is 0 Å². The van der Waals surface area contributed by atoms with Gasteiger partial charge in [-0.05, 0) is 37.1 Å². The van der Waals surface area contributed by atoms with Gasteiger partial charge in [0.05, 0.1) is 0 Å². The topological polar surface area (TPSA) is 12.0 Å². The Hall–Kier alpha value is -0.0400. The molecule has 1 fully saturated rings. The first-order valence-electron chi connectivity index (χ1n) is 6.25. The molecule has 0 aromatic rings. The van der Waals surface area contributed by atoms with E-state index in [2.05, 4.69) is 40.1 Å². The van der Waals surface area contributed by atoms with Crippen molar-refractivity contribution in [1.82, 2.24) is 5.32 Å². The maximum absolute atomic E-state index is 3.52. The number of rotatable bonds is 3. The van der Waals surface area contributed by atoms with E-state index in [1.807, 2.05) is 0 Å². The van der Waals surface area contributed by atoms with Gasteiger partial charge in [-0.25, -0.2) is 0 Å². The third-order valence-corrected chi connectivity index (χ3v) is 4.28. The Morgan fingerprint density at radius 1 is 1.14 bits per heavy atom. The van der Waals surface area contributed by atoms with Gasteiger partial charge in [0.2, 0.25) is 0 Å². The van der Waals surface area contributed by atoms with E-state index in [9.17, 15) is 0 Å². The second-order valence-electron chi connectivity index (χ2n) is 5.49. The van der Waals surface area contributed by atoms with Crippen LogP contribution in [0.1, 0.15) is 47.0 Å². The highest BCUT2D eigenvalue weighted by Gasteiger charge is 2.33. The summed E-state index contributed by atoms with van der Waals surface area (Å²) in [6.07, 6.45) is 4.29. The van der Waals surface area contributed by atoms with Gasteiger partial charge in [-0.3, -0.25) is 0 Å². The summed E-state index contributed by atoms with van der Waals surface area (Å²) in [6.45, 7) is 9.55. The third-order valence-electron chi connectivity index (χ3n) is 4.28. The van der Waals surface area contributed by atoms with Crippen LogP contribution < -0.4 is 5.32 Å². The molecule has 4 unspecified atom stereocenters. The summed E-state index contributed by atoms with van der Waals surface area (Å²) in [5, 5.41) is 3.52. The molecule has 84 valence electrons. The lowest BCUT2D eigenvalue weighted by Crippen LogP contribution is -2.44. The zero-order chi connectivity index (χ0) is 10.7. The average Bonchev–Trinajstić information content (AvgIpc) is 2.13. The van der Waals surface area contributed by atoms with Crippen LogP contribution in [0.4, 0.5) is 0 Å². The molecule has 14 heavy (non-hydrogen) atoms. The Morgan fingerprint density at radius 3 is 2.29 bits per heavy atom. The maximum Gasteiger partial charge on any atom is 0.0118 e.